The second-order valence-corrected chi connectivity index (χ2v) is 7.23. The van der Waals surface area contributed by atoms with Crippen LogP contribution in [-0.2, 0) is 11.2 Å². The van der Waals surface area contributed by atoms with Gasteiger partial charge in [0.25, 0.3) is 0 Å². The first-order valence-corrected chi connectivity index (χ1v) is 9.44. The third kappa shape index (κ3) is 3.19. The summed E-state index contributed by atoms with van der Waals surface area (Å²) in [6.07, 6.45) is 1.97. The van der Waals surface area contributed by atoms with Gasteiger partial charge in [0, 0.05) is 12.8 Å². The second-order valence-electron chi connectivity index (χ2n) is 7.23. The molecule has 2 atom stereocenters. The molecule has 1 amide bonds. The fraction of sp³-hybridized carbons (Fsp3) is 0.364. The summed E-state index contributed by atoms with van der Waals surface area (Å²) in [7, 11) is 0. The zero-order valence-corrected chi connectivity index (χ0v) is 15.5. The van der Waals surface area contributed by atoms with Crippen molar-refractivity contribution >= 4 is 5.91 Å². The molecule has 2 heterocycles. The highest BCUT2D eigenvalue weighted by molar-refractivity contribution is 5.79. The van der Waals surface area contributed by atoms with Crippen molar-refractivity contribution in [2.75, 3.05) is 13.4 Å². The second kappa shape index (κ2) is 7.53. The maximum absolute atomic E-state index is 12.9. The Labute approximate surface area is 163 Å². The fourth-order valence-corrected chi connectivity index (χ4v) is 4.21. The number of nitriles is 1. The predicted octanol–water partition coefficient (Wildman–Crippen LogP) is 2.97. The molecule has 0 unspecified atom stereocenters. The number of benzene rings is 2. The molecule has 2 aromatic carbocycles. The molecule has 0 aliphatic carbocycles. The van der Waals surface area contributed by atoms with Gasteiger partial charge in [-0.15, -0.1) is 0 Å². The van der Waals surface area contributed by atoms with E-state index in [9.17, 15) is 15.2 Å². The first-order valence-electron chi connectivity index (χ1n) is 9.44. The predicted molar refractivity (Wildman–Crippen MR) is 102 cm³/mol. The Morgan fingerprint density at radius 1 is 1.18 bits per heavy atom. The van der Waals surface area contributed by atoms with Gasteiger partial charge in [0.2, 0.25) is 12.7 Å². The lowest BCUT2D eigenvalue weighted by molar-refractivity contribution is -0.144. The molecule has 2 aromatic rings. The van der Waals surface area contributed by atoms with Gasteiger partial charge in [-0.05, 0) is 36.1 Å². The number of nitrogens with zero attached hydrogens (tertiary/aromatic N) is 2. The molecule has 1 fully saturated rings. The zero-order valence-electron chi connectivity index (χ0n) is 15.5. The number of hydrogen-bond acceptors (Lipinski definition) is 5. The molecule has 0 saturated carbocycles. The van der Waals surface area contributed by atoms with E-state index in [1.54, 1.807) is 4.90 Å². The van der Waals surface area contributed by atoms with Crippen molar-refractivity contribution in [2.24, 2.45) is 0 Å². The van der Waals surface area contributed by atoms with Crippen LogP contribution in [0.4, 0.5) is 0 Å². The van der Waals surface area contributed by atoms with Gasteiger partial charge < -0.3 is 19.5 Å². The van der Waals surface area contributed by atoms with Gasteiger partial charge in [-0.25, -0.2) is 0 Å². The van der Waals surface area contributed by atoms with Crippen LogP contribution in [0, 0.1) is 11.3 Å². The van der Waals surface area contributed by atoms with E-state index in [0.29, 0.717) is 37.2 Å². The number of aliphatic hydroxyl groups is 1. The molecule has 0 bridgehead atoms. The Bertz CT molecular complexity index is 908. The monoisotopic (exact) mass is 378 g/mol. The van der Waals surface area contributed by atoms with E-state index in [1.165, 1.54) is 0 Å². The minimum Gasteiger partial charge on any atom is -0.454 e. The molecular weight excluding hydrogens is 356 g/mol. The van der Waals surface area contributed by atoms with Crippen LogP contribution in [0.2, 0.25) is 0 Å². The van der Waals surface area contributed by atoms with Crippen LogP contribution in [0.5, 0.6) is 11.5 Å². The number of fused-ring (bicyclic) bond motifs is 1. The Morgan fingerprint density at radius 3 is 2.71 bits per heavy atom. The van der Waals surface area contributed by atoms with Gasteiger partial charge >= 0.3 is 0 Å². The number of likely N-dealkylation sites (tertiary alicyclic amines) is 1. The minimum absolute atomic E-state index is 0.101. The molecule has 2 aliphatic heterocycles. The third-order valence-corrected chi connectivity index (χ3v) is 5.52. The van der Waals surface area contributed by atoms with Crippen LogP contribution < -0.4 is 9.47 Å². The van der Waals surface area contributed by atoms with Crippen molar-refractivity contribution < 1.29 is 19.4 Å². The summed E-state index contributed by atoms with van der Waals surface area (Å²) in [5.41, 5.74) is 0.701. The Balaban J connectivity index is 1.72. The number of carbonyl (C=O) groups is 1. The molecule has 6 heteroatoms. The number of carbonyl (C=O) groups excluding carboxylic acids is 1. The SMILES string of the molecule is N#C[C@]1(Cc2ccc3c(c2)OCO3)CCCC(=O)N1[C@@H](CO)c1ccccc1. The molecular formula is C22H22N2O4. The van der Waals surface area contributed by atoms with Crippen molar-refractivity contribution in [3.8, 4) is 17.6 Å². The summed E-state index contributed by atoms with van der Waals surface area (Å²) in [5.74, 6) is 1.24. The van der Waals surface area contributed by atoms with E-state index in [2.05, 4.69) is 6.07 Å². The van der Waals surface area contributed by atoms with Crippen molar-refractivity contribution in [3.05, 3.63) is 59.7 Å². The Morgan fingerprint density at radius 2 is 1.96 bits per heavy atom. The van der Waals surface area contributed by atoms with Crippen LogP contribution >= 0.6 is 0 Å². The molecule has 0 spiro atoms. The highest BCUT2D eigenvalue weighted by atomic mass is 16.7. The summed E-state index contributed by atoms with van der Waals surface area (Å²) in [6, 6.07) is 16.9. The maximum atomic E-state index is 12.9. The first-order chi connectivity index (χ1) is 13.7. The number of ether oxygens (including phenoxy) is 2. The molecule has 144 valence electrons. The topological polar surface area (TPSA) is 82.8 Å². The first kappa shape index (κ1) is 18.3. The van der Waals surface area contributed by atoms with Gasteiger partial charge in [0.05, 0.1) is 18.7 Å². The lowest BCUT2D eigenvalue weighted by Gasteiger charge is -2.46. The van der Waals surface area contributed by atoms with E-state index in [-0.39, 0.29) is 19.3 Å². The molecule has 1 saturated heterocycles. The lowest BCUT2D eigenvalue weighted by atomic mass is 9.80. The smallest absolute Gasteiger partial charge is 0.231 e. The van der Waals surface area contributed by atoms with E-state index >= 15 is 0 Å². The van der Waals surface area contributed by atoms with Crippen LogP contribution in [0.25, 0.3) is 0 Å². The average molecular weight is 378 g/mol. The van der Waals surface area contributed by atoms with Gasteiger partial charge in [0.15, 0.2) is 11.5 Å². The molecule has 6 nitrogen and oxygen atoms in total. The van der Waals surface area contributed by atoms with E-state index < -0.39 is 11.6 Å². The van der Waals surface area contributed by atoms with Crippen LogP contribution in [-0.4, -0.2) is 34.9 Å². The van der Waals surface area contributed by atoms with Crippen LogP contribution in [0.3, 0.4) is 0 Å². The Kier molecular flexibility index (Phi) is 4.93. The highest BCUT2D eigenvalue weighted by Gasteiger charge is 2.46. The number of aliphatic hydroxyl groups excluding tert-OH is 1. The van der Waals surface area contributed by atoms with Crippen molar-refractivity contribution in [2.45, 2.75) is 37.3 Å². The average Bonchev–Trinajstić information content (AvgIpc) is 3.19. The van der Waals surface area contributed by atoms with Crippen LogP contribution in [0.15, 0.2) is 48.5 Å². The third-order valence-electron chi connectivity index (χ3n) is 5.52. The summed E-state index contributed by atoms with van der Waals surface area (Å²) < 4.78 is 10.8. The largest absolute Gasteiger partial charge is 0.454 e. The number of amides is 1. The molecule has 4 rings (SSSR count). The van der Waals surface area contributed by atoms with Crippen LogP contribution in [0.1, 0.15) is 36.4 Å². The van der Waals surface area contributed by atoms with Gasteiger partial charge in [-0.3, -0.25) is 4.79 Å². The summed E-state index contributed by atoms with van der Waals surface area (Å²) in [6.45, 7) is -0.0479. The molecule has 1 N–H and O–H groups in total. The number of hydrogen-bond donors (Lipinski definition) is 1. The molecule has 28 heavy (non-hydrogen) atoms. The molecule has 0 radical (unpaired) electrons. The van der Waals surface area contributed by atoms with E-state index in [1.807, 2.05) is 48.5 Å². The van der Waals surface area contributed by atoms with E-state index in [4.69, 9.17) is 9.47 Å². The van der Waals surface area contributed by atoms with Gasteiger partial charge in [-0.1, -0.05) is 36.4 Å². The maximum Gasteiger partial charge on any atom is 0.231 e. The van der Waals surface area contributed by atoms with E-state index in [0.717, 1.165) is 11.1 Å². The summed E-state index contributed by atoms with van der Waals surface area (Å²) >= 11 is 0. The molecule has 2 aliphatic rings. The number of piperidine rings is 1. The fourth-order valence-electron chi connectivity index (χ4n) is 4.21. The van der Waals surface area contributed by atoms with Crippen molar-refractivity contribution in [3.63, 3.8) is 0 Å². The summed E-state index contributed by atoms with van der Waals surface area (Å²) in [5, 5.41) is 20.3. The zero-order chi connectivity index (χ0) is 19.6. The van der Waals surface area contributed by atoms with Crippen molar-refractivity contribution in [1.29, 1.82) is 5.26 Å². The minimum atomic E-state index is -1.02. The number of rotatable bonds is 5. The Hall–Kier alpha value is -3.04. The summed E-state index contributed by atoms with van der Waals surface area (Å²) in [4.78, 5) is 14.5. The van der Waals surface area contributed by atoms with Gasteiger partial charge in [0.1, 0.15) is 5.54 Å². The highest BCUT2D eigenvalue weighted by Crippen LogP contribution is 2.40. The normalized spacial score (nSPS) is 22.0. The standard InChI is InChI=1S/C22H22N2O4/c23-14-22(12-16-8-9-19-20(11-16)28-15-27-19)10-4-7-21(26)24(22)18(13-25)17-5-2-1-3-6-17/h1-3,5-6,8-9,11,18,25H,4,7,10,12-13,15H2/t18-,22+/m0/s1. The van der Waals surface area contributed by atoms with Gasteiger partial charge in [-0.2, -0.15) is 5.26 Å². The molecule has 0 aromatic heterocycles. The van der Waals surface area contributed by atoms with Crippen molar-refractivity contribution in [1.82, 2.24) is 4.90 Å². The quantitative estimate of drug-likeness (QED) is 0.865. The lowest BCUT2D eigenvalue weighted by Crippen LogP contribution is -2.57.